The molecule has 0 aliphatic rings. The number of halogens is 2. The molecule has 0 heterocycles. The first-order valence-corrected chi connectivity index (χ1v) is 6.76. The third-order valence-corrected chi connectivity index (χ3v) is 3.31. The molecule has 1 amide bonds. The summed E-state index contributed by atoms with van der Waals surface area (Å²) in [7, 11) is 0. The second-order valence-electron chi connectivity index (χ2n) is 4.47. The van der Waals surface area contributed by atoms with E-state index in [2.05, 4.69) is 5.32 Å². The summed E-state index contributed by atoms with van der Waals surface area (Å²) < 4.78 is 0. The number of nitrogens with one attached hydrogen (secondary N) is 1. The average molecular weight is 302 g/mol. The van der Waals surface area contributed by atoms with Gasteiger partial charge < -0.3 is 10.4 Å². The molecule has 0 aliphatic carbocycles. The van der Waals surface area contributed by atoms with E-state index in [-0.39, 0.29) is 11.9 Å². The maximum atomic E-state index is 11.6. The van der Waals surface area contributed by atoms with Gasteiger partial charge in [0.25, 0.3) is 0 Å². The van der Waals surface area contributed by atoms with E-state index in [4.69, 9.17) is 23.2 Å². The molecule has 2 unspecified atom stereocenters. The van der Waals surface area contributed by atoms with Gasteiger partial charge in [-0.25, -0.2) is 0 Å². The highest BCUT2D eigenvalue weighted by atomic mass is 35.5. The Labute approximate surface area is 123 Å². The molecule has 104 valence electrons. The molecule has 0 aliphatic heterocycles. The summed E-state index contributed by atoms with van der Waals surface area (Å²) in [5, 5.41) is 12.8. The molecule has 0 aromatic heterocycles. The number of aliphatic hydroxyl groups is 1. The van der Waals surface area contributed by atoms with Gasteiger partial charge in [0, 0.05) is 12.1 Å². The first kappa shape index (κ1) is 16.0. The van der Waals surface area contributed by atoms with Crippen LogP contribution in [0.3, 0.4) is 0 Å². The van der Waals surface area contributed by atoms with Crippen LogP contribution in [0, 0.1) is 0 Å². The van der Waals surface area contributed by atoms with Crippen LogP contribution in [-0.2, 0) is 4.79 Å². The molecule has 1 aromatic rings. The second-order valence-corrected chi connectivity index (χ2v) is 5.26. The smallest absolute Gasteiger partial charge is 0.244 e. The summed E-state index contributed by atoms with van der Waals surface area (Å²) in [4.78, 5) is 11.6. The van der Waals surface area contributed by atoms with E-state index in [1.54, 1.807) is 31.2 Å². The zero-order chi connectivity index (χ0) is 14.4. The molecule has 0 bridgehead atoms. The molecule has 0 saturated heterocycles. The van der Waals surface area contributed by atoms with E-state index in [0.29, 0.717) is 22.0 Å². The molecular formula is C14H17Cl2NO2. The zero-order valence-corrected chi connectivity index (χ0v) is 12.4. The molecular weight excluding hydrogens is 285 g/mol. The molecule has 1 rings (SSSR count). The van der Waals surface area contributed by atoms with Crippen molar-refractivity contribution in [1.29, 1.82) is 0 Å². The quantitative estimate of drug-likeness (QED) is 0.820. The first-order valence-electron chi connectivity index (χ1n) is 6.00. The number of carbonyl (C=O) groups is 1. The van der Waals surface area contributed by atoms with Crippen LogP contribution in [0.2, 0.25) is 10.0 Å². The predicted molar refractivity (Wildman–Crippen MR) is 79.4 cm³/mol. The molecule has 0 fully saturated rings. The van der Waals surface area contributed by atoms with Gasteiger partial charge in [-0.3, -0.25) is 4.79 Å². The van der Waals surface area contributed by atoms with Crippen LogP contribution in [0.4, 0.5) is 0 Å². The number of carbonyl (C=O) groups excluding carboxylic acids is 1. The molecule has 19 heavy (non-hydrogen) atoms. The molecule has 2 N–H and O–H groups in total. The number of amides is 1. The Balaban J connectivity index is 2.61. The summed E-state index contributed by atoms with van der Waals surface area (Å²) in [5.74, 6) is -0.232. The fourth-order valence-corrected chi connectivity index (χ4v) is 2.05. The van der Waals surface area contributed by atoms with Gasteiger partial charge in [-0.2, -0.15) is 0 Å². The van der Waals surface area contributed by atoms with Crippen LogP contribution >= 0.6 is 23.2 Å². The number of hydrogen-bond donors (Lipinski definition) is 2. The van der Waals surface area contributed by atoms with Crippen molar-refractivity contribution in [3.63, 3.8) is 0 Å². The topological polar surface area (TPSA) is 49.3 Å². The molecule has 3 nitrogen and oxygen atoms in total. The largest absolute Gasteiger partial charge is 0.393 e. The monoisotopic (exact) mass is 301 g/mol. The van der Waals surface area contributed by atoms with Crippen molar-refractivity contribution in [2.45, 2.75) is 32.4 Å². The highest BCUT2D eigenvalue weighted by molar-refractivity contribution is 6.42. The maximum absolute atomic E-state index is 11.6. The molecule has 0 spiro atoms. The van der Waals surface area contributed by atoms with Crippen molar-refractivity contribution in [3.05, 3.63) is 39.9 Å². The number of aliphatic hydroxyl groups excluding tert-OH is 1. The van der Waals surface area contributed by atoms with Crippen molar-refractivity contribution in [3.8, 4) is 0 Å². The van der Waals surface area contributed by atoms with Crippen molar-refractivity contribution in [2.75, 3.05) is 0 Å². The molecule has 0 radical (unpaired) electrons. The Morgan fingerprint density at radius 3 is 2.74 bits per heavy atom. The minimum Gasteiger partial charge on any atom is -0.393 e. The zero-order valence-electron chi connectivity index (χ0n) is 10.9. The lowest BCUT2D eigenvalue weighted by Crippen LogP contribution is -2.33. The highest BCUT2D eigenvalue weighted by Crippen LogP contribution is 2.26. The van der Waals surface area contributed by atoms with Crippen LogP contribution in [-0.4, -0.2) is 23.2 Å². The molecule has 5 heteroatoms. The lowest BCUT2D eigenvalue weighted by Gasteiger charge is -2.13. The minimum atomic E-state index is -0.443. The van der Waals surface area contributed by atoms with Crippen LogP contribution in [0.25, 0.3) is 6.08 Å². The number of benzene rings is 1. The van der Waals surface area contributed by atoms with E-state index in [0.717, 1.165) is 0 Å². The fourth-order valence-electron chi connectivity index (χ4n) is 1.68. The van der Waals surface area contributed by atoms with Crippen LogP contribution in [0.5, 0.6) is 0 Å². The SMILES string of the molecule is CC(O)CC(C)NC(=O)/C=C/c1cccc(Cl)c1Cl. The Bertz CT molecular complexity index is 473. The maximum Gasteiger partial charge on any atom is 0.244 e. The summed E-state index contributed by atoms with van der Waals surface area (Å²) in [5.41, 5.74) is 0.687. The Morgan fingerprint density at radius 2 is 2.11 bits per heavy atom. The number of rotatable bonds is 5. The van der Waals surface area contributed by atoms with Gasteiger partial charge in [-0.1, -0.05) is 35.3 Å². The van der Waals surface area contributed by atoms with E-state index >= 15 is 0 Å². The third-order valence-electron chi connectivity index (χ3n) is 2.48. The summed E-state index contributed by atoms with van der Waals surface area (Å²) in [6, 6.07) is 5.14. The molecule has 0 saturated carbocycles. The van der Waals surface area contributed by atoms with Gasteiger partial charge in [0.15, 0.2) is 0 Å². The van der Waals surface area contributed by atoms with E-state index < -0.39 is 6.10 Å². The average Bonchev–Trinajstić information content (AvgIpc) is 2.30. The molecule has 1 aromatic carbocycles. The van der Waals surface area contributed by atoms with Crippen LogP contribution in [0.15, 0.2) is 24.3 Å². The second kappa shape index (κ2) is 7.53. The summed E-state index contributed by atoms with van der Waals surface area (Å²) in [6.07, 6.45) is 3.08. The normalized spacial score (nSPS) is 14.4. The Hall–Kier alpha value is -1.03. The highest BCUT2D eigenvalue weighted by Gasteiger charge is 2.08. The van der Waals surface area contributed by atoms with Crippen molar-refractivity contribution in [1.82, 2.24) is 5.32 Å². The van der Waals surface area contributed by atoms with Crippen molar-refractivity contribution < 1.29 is 9.90 Å². The fraction of sp³-hybridized carbons (Fsp3) is 0.357. The Morgan fingerprint density at radius 1 is 1.42 bits per heavy atom. The Kier molecular flexibility index (Phi) is 6.35. The standard InChI is InChI=1S/C14H17Cl2NO2/c1-9(8-10(2)18)17-13(19)7-6-11-4-3-5-12(15)14(11)16/h3-7,9-10,18H,8H2,1-2H3,(H,17,19)/b7-6+. The predicted octanol–water partition coefficient (Wildman–Crippen LogP) is 3.28. The third kappa shape index (κ3) is 5.64. The minimum absolute atomic E-state index is 0.0908. The van der Waals surface area contributed by atoms with Gasteiger partial charge in [0.2, 0.25) is 5.91 Å². The van der Waals surface area contributed by atoms with E-state index in [9.17, 15) is 9.90 Å². The van der Waals surface area contributed by atoms with Crippen molar-refractivity contribution in [2.24, 2.45) is 0 Å². The molecule has 2 atom stereocenters. The van der Waals surface area contributed by atoms with Crippen LogP contribution in [0.1, 0.15) is 25.8 Å². The van der Waals surface area contributed by atoms with Gasteiger partial charge in [-0.15, -0.1) is 0 Å². The lowest BCUT2D eigenvalue weighted by molar-refractivity contribution is -0.117. The lowest BCUT2D eigenvalue weighted by atomic mass is 10.1. The van der Waals surface area contributed by atoms with Gasteiger partial charge in [-0.05, 0) is 38.0 Å². The van der Waals surface area contributed by atoms with E-state index in [1.807, 2.05) is 6.92 Å². The van der Waals surface area contributed by atoms with Gasteiger partial charge in [0.05, 0.1) is 16.1 Å². The van der Waals surface area contributed by atoms with Gasteiger partial charge >= 0.3 is 0 Å². The summed E-state index contributed by atoms with van der Waals surface area (Å²) >= 11 is 11.9. The van der Waals surface area contributed by atoms with E-state index in [1.165, 1.54) is 6.08 Å². The van der Waals surface area contributed by atoms with Crippen LogP contribution < -0.4 is 5.32 Å². The first-order chi connectivity index (χ1) is 8.90. The van der Waals surface area contributed by atoms with Gasteiger partial charge in [0.1, 0.15) is 0 Å². The number of hydrogen-bond acceptors (Lipinski definition) is 2. The van der Waals surface area contributed by atoms with Crippen molar-refractivity contribution >= 4 is 35.2 Å². The summed E-state index contributed by atoms with van der Waals surface area (Å²) in [6.45, 7) is 3.52.